The van der Waals surface area contributed by atoms with Gasteiger partial charge in [0.15, 0.2) is 0 Å². The summed E-state index contributed by atoms with van der Waals surface area (Å²) in [5.74, 6) is 0.754. The summed E-state index contributed by atoms with van der Waals surface area (Å²) in [6.45, 7) is 3.14. The van der Waals surface area contributed by atoms with E-state index in [4.69, 9.17) is 0 Å². The molecule has 0 unspecified atom stereocenters. The van der Waals surface area contributed by atoms with Crippen LogP contribution in [0.4, 0.5) is 5.69 Å². The lowest BCUT2D eigenvalue weighted by Gasteiger charge is -2.08. The number of benzene rings is 1. The van der Waals surface area contributed by atoms with E-state index in [1.54, 1.807) is 24.3 Å². The molecule has 0 aliphatic rings. The van der Waals surface area contributed by atoms with Crippen LogP contribution in [0.2, 0.25) is 0 Å². The summed E-state index contributed by atoms with van der Waals surface area (Å²) in [5.41, 5.74) is 0.904. The molecule has 0 aliphatic heterocycles. The summed E-state index contributed by atoms with van der Waals surface area (Å²) in [7, 11) is -3.46. The van der Waals surface area contributed by atoms with E-state index in [1.165, 1.54) is 6.33 Å². The van der Waals surface area contributed by atoms with E-state index in [-0.39, 0.29) is 4.90 Å². The highest BCUT2D eigenvalue weighted by Gasteiger charge is 2.12. The van der Waals surface area contributed by atoms with Crippen LogP contribution in [0.3, 0.4) is 0 Å². The van der Waals surface area contributed by atoms with Crippen molar-refractivity contribution in [1.82, 2.24) is 19.9 Å². The van der Waals surface area contributed by atoms with Gasteiger partial charge >= 0.3 is 0 Å². The molecule has 0 saturated heterocycles. The first kappa shape index (κ1) is 15.5. The van der Waals surface area contributed by atoms with Gasteiger partial charge in [-0.25, -0.2) is 18.1 Å². The zero-order valence-electron chi connectivity index (χ0n) is 11.8. The number of anilines is 1. The van der Waals surface area contributed by atoms with Gasteiger partial charge in [-0.1, -0.05) is 0 Å². The normalized spacial score (nSPS) is 11.5. The van der Waals surface area contributed by atoms with Gasteiger partial charge in [0.2, 0.25) is 10.0 Å². The van der Waals surface area contributed by atoms with Crippen molar-refractivity contribution < 1.29 is 8.42 Å². The largest absolute Gasteiger partial charge is 0.385 e. The highest BCUT2D eigenvalue weighted by molar-refractivity contribution is 7.89. The molecule has 1 heterocycles. The molecule has 1 aromatic heterocycles. The highest BCUT2D eigenvalue weighted by atomic mass is 32.2. The lowest BCUT2D eigenvalue weighted by molar-refractivity contribution is 0.578. The number of aromatic nitrogens is 3. The Morgan fingerprint density at radius 1 is 1.24 bits per heavy atom. The first-order valence-corrected chi connectivity index (χ1v) is 8.28. The molecular formula is C13H19N5O2S. The standard InChI is InChI=1S/C13H19N5O2S/c1-2-14-11-5-7-12(8-6-11)21(19,20)17-9-3-4-13-15-10-16-18-13/h5-8,10,14,17H,2-4,9H2,1H3,(H,15,16,18). The van der Waals surface area contributed by atoms with Crippen molar-refractivity contribution in [3.8, 4) is 0 Å². The third-order valence-corrected chi connectivity index (χ3v) is 4.37. The minimum Gasteiger partial charge on any atom is -0.385 e. The van der Waals surface area contributed by atoms with E-state index in [0.29, 0.717) is 19.4 Å². The number of rotatable bonds is 8. The fourth-order valence-electron chi connectivity index (χ4n) is 1.85. The van der Waals surface area contributed by atoms with Crippen LogP contribution in [-0.2, 0) is 16.4 Å². The number of nitrogens with zero attached hydrogens (tertiary/aromatic N) is 2. The molecule has 0 radical (unpaired) electrons. The van der Waals surface area contributed by atoms with Crippen LogP contribution in [0, 0.1) is 0 Å². The molecule has 21 heavy (non-hydrogen) atoms. The lowest BCUT2D eigenvalue weighted by Crippen LogP contribution is -2.25. The third kappa shape index (κ3) is 4.54. The SMILES string of the molecule is CCNc1ccc(S(=O)(=O)NCCCc2ncn[nH]2)cc1. The van der Waals surface area contributed by atoms with E-state index in [9.17, 15) is 8.42 Å². The van der Waals surface area contributed by atoms with Gasteiger partial charge in [0, 0.05) is 25.2 Å². The minimum atomic E-state index is -3.46. The molecule has 1 aromatic carbocycles. The molecule has 3 N–H and O–H groups in total. The fourth-order valence-corrected chi connectivity index (χ4v) is 2.93. The number of hydrogen-bond donors (Lipinski definition) is 3. The van der Waals surface area contributed by atoms with Gasteiger partial charge < -0.3 is 5.32 Å². The summed E-state index contributed by atoms with van der Waals surface area (Å²) >= 11 is 0. The van der Waals surface area contributed by atoms with Gasteiger partial charge in [0.05, 0.1) is 4.90 Å². The molecule has 0 atom stereocenters. The van der Waals surface area contributed by atoms with Gasteiger partial charge in [0.1, 0.15) is 12.2 Å². The molecule has 7 nitrogen and oxygen atoms in total. The summed E-state index contributed by atoms with van der Waals surface area (Å²) in [6.07, 6.45) is 2.75. The molecular weight excluding hydrogens is 290 g/mol. The number of nitrogens with one attached hydrogen (secondary N) is 3. The van der Waals surface area contributed by atoms with E-state index >= 15 is 0 Å². The number of aromatic amines is 1. The lowest BCUT2D eigenvalue weighted by atomic mass is 10.3. The second-order valence-corrected chi connectivity index (χ2v) is 6.26. The van der Waals surface area contributed by atoms with Crippen LogP contribution in [-0.4, -0.2) is 36.7 Å². The minimum absolute atomic E-state index is 0.267. The maximum Gasteiger partial charge on any atom is 0.240 e. The van der Waals surface area contributed by atoms with Crippen molar-refractivity contribution in [3.05, 3.63) is 36.4 Å². The Morgan fingerprint density at radius 2 is 2.00 bits per heavy atom. The summed E-state index contributed by atoms with van der Waals surface area (Å²) in [4.78, 5) is 4.25. The zero-order valence-corrected chi connectivity index (χ0v) is 12.7. The Morgan fingerprint density at radius 3 is 2.62 bits per heavy atom. The second-order valence-electron chi connectivity index (χ2n) is 4.49. The first-order chi connectivity index (χ1) is 10.1. The van der Waals surface area contributed by atoms with Crippen LogP contribution in [0.25, 0.3) is 0 Å². The number of sulfonamides is 1. The van der Waals surface area contributed by atoms with Crippen molar-refractivity contribution >= 4 is 15.7 Å². The van der Waals surface area contributed by atoms with Crippen molar-refractivity contribution in [2.45, 2.75) is 24.7 Å². The molecule has 0 saturated carbocycles. The first-order valence-electron chi connectivity index (χ1n) is 6.79. The number of hydrogen-bond acceptors (Lipinski definition) is 5. The third-order valence-electron chi connectivity index (χ3n) is 2.89. The monoisotopic (exact) mass is 309 g/mol. The van der Waals surface area contributed by atoms with Crippen LogP contribution in [0.15, 0.2) is 35.5 Å². The molecule has 2 aromatic rings. The van der Waals surface area contributed by atoms with E-state index in [1.807, 2.05) is 6.92 Å². The molecule has 2 rings (SSSR count). The molecule has 0 amide bonds. The molecule has 0 spiro atoms. The smallest absolute Gasteiger partial charge is 0.240 e. The Bertz CT molecular complexity index is 638. The molecule has 0 fully saturated rings. The van der Waals surface area contributed by atoms with Crippen LogP contribution in [0.5, 0.6) is 0 Å². The Labute approximate surface area is 124 Å². The maximum atomic E-state index is 12.1. The molecule has 0 bridgehead atoms. The number of aryl methyl sites for hydroxylation is 1. The predicted octanol–water partition coefficient (Wildman–Crippen LogP) is 1.15. The Balaban J connectivity index is 1.85. The van der Waals surface area contributed by atoms with Gasteiger partial charge in [-0.05, 0) is 37.6 Å². The molecule has 0 aliphatic carbocycles. The average molecular weight is 309 g/mol. The predicted molar refractivity (Wildman–Crippen MR) is 80.5 cm³/mol. The zero-order chi connectivity index (χ0) is 15.1. The van der Waals surface area contributed by atoms with Gasteiger partial charge in [-0.3, -0.25) is 5.10 Å². The van der Waals surface area contributed by atoms with Crippen molar-refractivity contribution in [2.75, 3.05) is 18.4 Å². The van der Waals surface area contributed by atoms with Crippen molar-refractivity contribution in [1.29, 1.82) is 0 Å². The Kier molecular flexibility index (Phi) is 5.29. The average Bonchev–Trinajstić information content (AvgIpc) is 2.98. The van der Waals surface area contributed by atoms with Crippen molar-refractivity contribution in [2.24, 2.45) is 0 Å². The van der Waals surface area contributed by atoms with E-state index in [0.717, 1.165) is 18.1 Å². The van der Waals surface area contributed by atoms with Crippen molar-refractivity contribution in [3.63, 3.8) is 0 Å². The van der Waals surface area contributed by atoms with Gasteiger partial charge in [-0.15, -0.1) is 0 Å². The van der Waals surface area contributed by atoms with Gasteiger partial charge in [-0.2, -0.15) is 5.10 Å². The fraction of sp³-hybridized carbons (Fsp3) is 0.385. The van der Waals surface area contributed by atoms with E-state index in [2.05, 4.69) is 25.2 Å². The highest BCUT2D eigenvalue weighted by Crippen LogP contribution is 2.13. The molecule has 8 heteroatoms. The van der Waals surface area contributed by atoms with Crippen LogP contribution >= 0.6 is 0 Å². The molecule has 114 valence electrons. The quantitative estimate of drug-likeness (QED) is 0.635. The maximum absolute atomic E-state index is 12.1. The Hall–Kier alpha value is -1.93. The van der Waals surface area contributed by atoms with Gasteiger partial charge in [0.25, 0.3) is 0 Å². The van der Waals surface area contributed by atoms with Crippen LogP contribution in [0.1, 0.15) is 19.2 Å². The van der Waals surface area contributed by atoms with Crippen LogP contribution < -0.4 is 10.0 Å². The van der Waals surface area contributed by atoms with E-state index < -0.39 is 10.0 Å². The summed E-state index contributed by atoms with van der Waals surface area (Å²) in [5, 5.41) is 9.60. The number of H-pyrrole nitrogens is 1. The summed E-state index contributed by atoms with van der Waals surface area (Å²) in [6, 6.07) is 6.70. The topological polar surface area (TPSA) is 99.8 Å². The second kappa shape index (κ2) is 7.19. The summed E-state index contributed by atoms with van der Waals surface area (Å²) < 4.78 is 26.8.